The minimum absolute atomic E-state index is 0. The van der Waals surface area contributed by atoms with E-state index in [4.69, 9.17) is 5.11 Å². The molecule has 0 amide bonds. The third-order valence-electron chi connectivity index (χ3n) is 2.58. The van der Waals surface area contributed by atoms with Gasteiger partial charge in [0.15, 0.2) is 5.82 Å². The van der Waals surface area contributed by atoms with Gasteiger partial charge in [-0.15, -0.1) is 12.4 Å². The molecular weight excluding hydrogens is 264 g/mol. The van der Waals surface area contributed by atoms with Crippen molar-refractivity contribution in [2.75, 3.05) is 19.0 Å². The van der Waals surface area contributed by atoms with Crippen LogP contribution >= 0.6 is 12.4 Å². The number of aromatic nitrogens is 2. The van der Waals surface area contributed by atoms with E-state index < -0.39 is 0 Å². The molecule has 1 heterocycles. The monoisotopic (exact) mass is 280 g/mol. The number of hydrogen-bond donors (Lipinski definition) is 1. The van der Waals surface area contributed by atoms with Gasteiger partial charge in [0.1, 0.15) is 6.61 Å². The van der Waals surface area contributed by atoms with Crippen LogP contribution in [0.1, 0.15) is 11.4 Å². The van der Waals surface area contributed by atoms with Crippen molar-refractivity contribution in [2.45, 2.75) is 6.61 Å². The molecule has 0 radical (unpaired) electrons. The lowest BCUT2D eigenvalue weighted by atomic mass is 10.2. The van der Waals surface area contributed by atoms with E-state index in [1.54, 1.807) is 23.3 Å². The zero-order chi connectivity index (χ0) is 13.0. The number of rotatable bonds is 4. The first-order chi connectivity index (χ1) is 8.70. The van der Waals surface area contributed by atoms with Gasteiger partial charge in [-0.25, -0.2) is 9.66 Å². The smallest absolute Gasteiger partial charge is 0.155 e. The van der Waals surface area contributed by atoms with E-state index in [2.05, 4.69) is 10.1 Å². The summed E-state index contributed by atoms with van der Waals surface area (Å²) in [6.45, 7) is -0.121. The standard InChI is InChI=1S/C13H16N4O.ClH/c1-16(2)12-5-3-11(4-6-12)9-15-17-8-7-14-13(17)10-18;/h3-9,18H,10H2,1-2H3;1H. The Bertz CT molecular complexity index is 534. The number of nitrogens with zero attached hydrogens (tertiary/aromatic N) is 4. The molecule has 0 spiro atoms. The normalized spacial score (nSPS) is 10.5. The van der Waals surface area contributed by atoms with Crippen molar-refractivity contribution in [2.24, 2.45) is 5.10 Å². The third-order valence-corrected chi connectivity index (χ3v) is 2.58. The van der Waals surface area contributed by atoms with Gasteiger partial charge >= 0.3 is 0 Å². The third kappa shape index (κ3) is 3.81. The number of benzene rings is 1. The van der Waals surface area contributed by atoms with Crippen LogP contribution in [-0.4, -0.2) is 35.1 Å². The Hall–Kier alpha value is -1.85. The molecule has 5 nitrogen and oxygen atoms in total. The summed E-state index contributed by atoms with van der Waals surface area (Å²) in [5.41, 5.74) is 2.14. The van der Waals surface area contributed by atoms with Crippen molar-refractivity contribution < 1.29 is 5.11 Å². The maximum atomic E-state index is 9.04. The maximum Gasteiger partial charge on any atom is 0.155 e. The van der Waals surface area contributed by atoms with Crippen LogP contribution in [0.3, 0.4) is 0 Å². The Labute approximate surface area is 118 Å². The van der Waals surface area contributed by atoms with Gasteiger partial charge in [-0.3, -0.25) is 0 Å². The van der Waals surface area contributed by atoms with Crippen LogP contribution in [0.5, 0.6) is 0 Å². The zero-order valence-electron chi connectivity index (χ0n) is 10.9. The van der Waals surface area contributed by atoms with Gasteiger partial charge in [0.05, 0.1) is 6.21 Å². The molecule has 0 saturated heterocycles. The molecule has 0 atom stereocenters. The first-order valence-corrected chi connectivity index (χ1v) is 5.65. The summed E-state index contributed by atoms with van der Waals surface area (Å²) >= 11 is 0. The fraction of sp³-hybridized carbons (Fsp3) is 0.231. The second kappa shape index (κ2) is 6.92. The zero-order valence-corrected chi connectivity index (χ0v) is 11.7. The molecule has 2 rings (SSSR count). The first kappa shape index (κ1) is 15.2. The summed E-state index contributed by atoms with van der Waals surface area (Å²) in [5, 5.41) is 13.3. The predicted octanol–water partition coefficient (Wildman–Crippen LogP) is 1.75. The van der Waals surface area contributed by atoms with Crippen LogP contribution in [-0.2, 0) is 6.61 Å². The van der Waals surface area contributed by atoms with Crippen LogP contribution in [0.2, 0.25) is 0 Å². The Morgan fingerprint density at radius 3 is 2.58 bits per heavy atom. The second-order valence-corrected chi connectivity index (χ2v) is 4.08. The molecule has 0 saturated carbocycles. The fourth-order valence-electron chi connectivity index (χ4n) is 1.53. The van der Waals surface area contributed by atoms with Gasteiger partial charge in [-0.1, -0.05) is 12.1 Å². The van der Waals surface area contributed by atoms with Gasteiger partial charge in [-0.05, 0) is 17.7 Å². The lowest BCUT2D eigenvalue weighted by Crippen LogP contribution is -2.08. The van der Waals surface area contributed by atoms with Crippen molar-refractivity contribution in [1.82, 2.24) is 9.66 Å². The van der Waals surface area contributed by atoms with Gasteiger partial charge in [0, 0.05) is 32.2 Å². The molecule has 0 aliphatic rings. The van der Waals surface area contributed by atoms with Crippen LogP contribution < -0.4 is 4.90 Å². The van der Waals surface area contributed by atoms with Gasteiger partial charge in [0.2, 0.25) is 0 Å². The quantitative estimate of drug-likeness (QED) is 0.868. The maximum absolute atomic E-state index is 9.04. The predicted molar refractivity (Wildman–Crippen MR) is 79.2 cm³/mol. The summed E-state index contributed by atoms with van der Waals surface area (Å²) < 4.78 is 1.56. The lowest BCUT2D eigenvalue weighted by Gasteiger charge is -2.11. The molecule has 1 N–H and O–H groups in total. The average molecular weight is 281 g/mol. The minimum atomic E-state index is -0.121. The summed E-state index contributed by atoms with van der Waals surface area (Å²) in [4.78, 5) is 6.02. The highest BCUT2D eigenvalue weighted by Crippen LogP contribution is 2.11. The van der Waals surface area contributed by atoms with Crippen molar-refractivity contribution in [3.8, 4) is 0 Å². The van der Waals surface area contributed by atoms with Crippen molar-refractivity contribution >= 4 is 24.3 Å². The van der Waals surface area contributed by atoms with E-state index in [1.165, 1.54) is 0 Å². The molecule has 2 aromatic rings. The second-order valence-electron chi connectivity index (χ2n) is 4.08. The number of halogens is 1. The Morgan fingerprint density at radius 1 is 1.32 bits per heavy atom. The molecule has 0 aliphatic heterocycles. The van der Waals surface area contributed by atoms with Crippen LogP contribution in [0.25, 0.3) is 0 Å². The Balaban J connectivity index is 0.00000180. The molecule has 102 valence electrons. The molecule has 1 aromatic carbocycles. The molecule has 0 bridgehead atoms. The van der Waals surface area contributed by atoms with E-state index in [1.807, 2.05) is 43.3 Å². The largest absolute Gasteiger partial charge is 0.388 e. The molecule has 6 heteroatoms. The first-order valence-electron chi connectivity index (χ1n) is 5.65. The highest BCUT2D eigenvalue weighted by atomic mass is 35.5. The molecule has 0 aliphatic carbocycles. The molecule has 1 aromatic heterocycles. The van der Waals surface area contributed by atoms with E-state index in [0.717, 1.165) is 11.3 Å². The topological polar surface area (TPSA) is 53.7 Å². The number of aliphatic hydroxyl groups excluding tert-OH is 1. The van der Waals surface area contributed by atoms with Gasteiger partial charge < -0.3 is 10.0 Å². The van der Waals surface area contributed by atoms with Crippen molar-refractivity contribution in [3.05, 3.63) is 48.0 Å². The number of imidazole rings is 1. The van der Waals surface area contributed by atoms with Crippen LogP contribution in [0.15, 0.2) is 41.8 Å². The summed E-state index contributed by atoms with van der Waals surface area (Å²) in [6.07, 6.45) is 5.05. The summed E-state index contributed by atoms with van der Waals surface area (Å²) in [7, 11) is 4.00. The Morgan fingerprint density at radius 2 is 2.00 bits per heavy atom. The van der Waals surface area contributed by atoms with E-state index >= 15 is 0 Å². The molecule has 0 fully saturated rings. The molecule has 19 heavy (non-hydrogen) atoms. The van der Waals surface area contributed by atoms with Crippen molar-refractivity contribution in [3.63, 3.8) is 0 Å². The van der Waals surface area contributed by atoms with E-state index in [-0.39, 0.29) is 19.0 Å². The SMILES string of the molecule is CN(C)c1ccc(C=Nn2ccnc2CO)cc1.Cl. The highest BCUT2D eigenvalue weighted by Gasteiger charge is 1.98. The van der Waals surface area contributed by atoms with Crippen LogP contribution in [0.4, 0.5) is 5.69 Å². The highest BCUT2D eigenvalue weighted by molar-refractivity contribution is 5.85. The lowest BCUT2D eigenvalue weighted by molar-refractivity contribution is 0.267. The number of hydrogen-bond acceptors (Lipinski definition) is 4. The van der Waals surface area contributed by atoms with Gasteiger partial charge in [-0.2, -0.15) is 5.10 Å². The fourth-order valence-corrected chi connectivity index (χ4v) is 1.53. The van der Waals surface area contributed by atoms with Crippen molar-refractivity contribution in [1.29, 1.82) is 0 Å². The summed E-state index contributed by atoms with van der Waals surface area (Å²) in [6, 6.07) is 8.05. The van der Waals surface area contributed by atoms with E-state index in [0.29, 0.717) is 5.82 Å². The molecule has 0 unspecified atom stereocenters. The van der Waals surface area contributed by atoms with Crippen LogP contribution in [0, 0.1) is 0 Å². The number of anilines is 1. The number of aliphatic hydroxyl groups is 1. The molecular formula is C13H17ClN4O. The minimum Gasteiger partial charge on any atom is -0.388 e. The summed E-state index contributed by atoms with van der Waals surface area (Å²) in [5.74, 6) is 0.524. The Kier molecular flexibility index (Phi) is 5.54. The van der Waals surface area contributed by atoms with E-state index in [9.17, 15) is 0 Å². The average Bonchev–Trinajstić information content (AvgIpc) is 2.84. The van der Waals surface area contributed by atoms with Gasteiger partial charge in [0.25, 0.3) is 0 Å².